The maximum absolute atomic E-state index is 10.6. The second-order valence-electron chi connectivity index (χ2n) is 2.97. The molecule has 1 unspecified atom stereocenters. The van der Waals surface area contributed by atoms with Gasteiger partial charge in [-0.3, -0.25) is 0 Å². The van der Waals surface area contributed by atoms with Gasteiger partial charge in [-0.05, 0) is 13.3 Å². The molecule has 0 aromatic rings. The minimum absolute atomic E-state index is 0.0706. The van der Waals surface area contributed by atoms with E-state index in [4.69, 9.17) is 5.11 Å². The molecule has 1 aliphatic carbocycles. The van der Waals surface area contributed by atoms with Gasteiger partial charge >= 0.3 is 5.97 Å². The summed E-state index contributed by atoms with van der Waals surface area (Å²) in [6.07, 6.45) is 4.58. The minimum Gasteiger partial charge on any atom is -0.478 e. The van der Waals surface area contributed by atoms with Gasteiger partial charge in [0.15, 0.2) is 0 Å². The summed E-state index contributed by atoms with van der Waals surface area (Å²) in [5.74, 6) is -0.720. The highest BCUT2D eigenvalue weighted by Crippen LogP contribution is 2.22. The Morgan fingerprint density at radius 1 is 1.73 bits per heavy atom. The molecule has 2 nitrogen and oxygen atoms in total. The number of carboxylic acid groups (broad SMARTS) is 1. The van der Waals surface area contributed by atoms with E-state index in [1.807, 2.05) is 19.9 Å². The van der Waals surface area contributed by atoms with Gasteiger partial charge in [-0.2, -0.15) is 0 Å². The highest BCUT2D eigenvalue weighted by atomic mass is 16.4. The van der Waals surface area contributed by atoms with E-state index in [1.54, 1.807) is 6.08 Å². The molecule has 0 aromatic carbocycles. The van der Waals surface area contributed by atoms with Crippen LogP contribution in [0.15, 0.2) is 23.3 Å². The summed E-state index contributed by atoms with van der Waals surface area (Å²) in [7, 11) is 0. The lowest BCUT2D eigenvalue weighted by atomic mass is 9.91. The molecule has 0 spiro atoms. The van der Waals surface area contributed by atoms with E-state index < -0.39 is 5.97 Å². The Hall–Kier alpha value is -1.05. The van der Waals surface area contributed by atoms with Crippen molar-refractivity contribution < 1.29 is 9.90 Å². The molecule has 11 heavy (non-hydrogen) atoms. The lowest BCUT2D eigenvalue weighted by Crippen LogP contribution is -2.11. The van der Waals surface area contributed by atoms with Crippen LogP contribution < -0.4 is 0 Å². The summed E-state index contributed by atoms with van der Waals surface area (Å²) < 4.78 is 0. The summed E-state index contributed by atoms with van der Waals surface area (Å²) in [4.78, 5) is 10.6. The predicted molar refractivity (Wildman–Crippen MR) is 43.3 cm³/mol. The molecule has 0 bridgehead atoms. The molecule has 0 saturated carbocycles. The lowest BCUT2D eigenvalue weighted by molar-refractivity contribution is -0.133. The molecule has 0 fully saturated rings. The number of rotatable bonds is 1. The maximum atomic E-state index is 10.6. The first-order valence-corrected chi connectivity index (χ1v) is 3.72. The van der Waals surface area contributed by atoms with Crippen LogP contribution in [0.2, 0.25) is 0 Å². The monoisotopic (exact) mass is 152 g/mol. The molecular formula is C9H12O2. The molecule has 0 saturated heterocycles. The van der Waals surface area contributed by atoms with E-state index in [0.717, 1.165) is 6.42 Å². The molecular weight excluding hydrogens is 140 g/mol. The average molecular weight is 152 g/mol. The number of carbonyl (C=O) groups is 1. The van der Waals surface area contributed by atoms with Gasteiger partial charge in [-0.1, -0.05) is 24.6 Å². The van der Waals surface area contributed by atoms with E-state index in [2.05, 4.69) is 0 Å². The fraction of sp³-hybridized carbons (Fsp3) is 0.444. The standard InChI is InChI=1S/C9H12O2/c1-6-3-4-8(9(10)11)7(2)5-6/h4-5,7H,3H2,1-2H3,(H,10,11). The Kier molecular flexibility index (Phi) is 2.13. The number of hydrogen-bond acceptors (Lipinski definition) is 1. The summed E-state index contributed by atoms with van der Waals surface area (Å²) in [5, 5.41) is 8.70. The first-order valence-electron chi connectivity index (χ1n) is 3.72. The van der Waals surface area contributed by atoms with Crippen LogP contribution in [0.1, 0.15) is 20.3 Å². The Morgan fingerprint density at radius 3 is 2.82 bits per heavy atom. The fourth-order valence-electron chi connectivity index (χ4n) is 1.32. The van der Waals surface area contributed by atoms with Crippen LogP contribution >= 0.6 is 0 Å². The number of hydrogen-bond donors (Lipinski definition) is 1. The quantitative estimate of drug-likeness (QED) is 0.583. The second kappa shape index (κ2) is 2.91. The average Bonchev–Trinajstić information content (AvgIpc) is 1.85. The van der Waals surface area contributed by atoms with Gasteiger partial charge in [-0.15, -0.1) is 0 Å². The van der Waals surface area contributed by atoms with E-state index in [0.29, 0.717) is 5.57 Å². The topological polar surface area (TPSA) is 37.3 Å². The van der Waals surface area contributed by atoms with E-state index in [-0.39, 0.29) is 5.92 Å². The van der Waals surface area contributed by atoms with Gasteiger partial charge in [-0.25, -0.2) is 4.79 Å². The normalized spacial score (nSPS) is 24.0. The Bertz CT molecular complexity index is 236. The Balaban J connectivity index is 2.80. The summed E-state index contributed by atoms with van der Waals surface area (Å²) in [5.41, 5.74) is 1.78. The summed E-state index contributed by atoms with van der Waals surface area (Å²) in [6, 6.07) is 0. The second-order valence-corrected chi connectivity index (χ2v) is 2.97. The van der Waals surface area contributed by atoms with Crippen LogP contribution in [0, 0.1) is 5.92 Å². The molecule has 0 radical (unpaired) electrons. The zero-order valence-electron chi connectivity index (χ0n) is 6.79. The third-order valence-corrected chi connectivity index (χ3v) is 1.92. The summed E-state index contributed by atoms with van der Waals surface area (Å²) in [6.45, 7) is 3.92. The number of carboxylic acids is 1. The van der Waals surface area contributed by atoms with Crippen molar-refractivity contribution in [2.24, 2.45) is 5.92 Å². The lowest BCUT2D eigenvalue weighted by Gasteiger charge is -2.14. The van der Waals surface area contributed by atoms with Crippen molar-refractivity contribution in [1.29, 1.82) is 0 Å². The summed E-state index contributed by atoms with van der Waals surface area (Å²) >= 11 is 0. The van der Waals surface area contributed by atoms with Gasteiger partial charge in [0, 0.05) is 11.5 Å². The van der Waals surface area contributed by atoms with Crippen molar-refractivity contribution >= 4 is 5.97 Å². The molecule has 1 N–H and O–H groups in total. The molecule has 1 aliphatic rings. The van der Waals surface area contributed by atoms with Crippen molar-refractivity contribution in [3.05, 3.63) is 23.3 Å². The van der Waals surface area contributed by atoms with E-state index in [9.17, 15) is 4.79 Å². The van der Waals surface area contributed by atoms with Crippen molar-refractivity contribution in [3.63, 3.8) is 0 Å². The molecule has 60 valence electrons. The highest BCUT2D eigenvalue weighted by Gasteiger charge is 2.16. The molecule has 1 rings (SSSR count). The Labute approximate surface area is 66.2 Å². The van der Waals surface area contributed by atoms with E-state index in [1.165, 1.54) is 5.57 Å². The fourth-order valence-corrected chi connectivity index (χ4v) is 1.32. The van der Waals surface area contributed by atoms with Crippen LogP contribution in [-0.2, 0) is 4.79 Å². The van der Waals surface area contributed by atoms with Gasteiger partial charge in [0.1, 0.15) is 0 Å². The minimum atomic E-state index is -0.791. The zero-order chi connectivity index (χ0) is 8.43. The number of aliphatic carboxylic acids is 1. The largest absolute Gasteiger partial charge is 0.478 e. The van der Waals surface area contributed by atoms with Crippen LogP contribution in [0.4, 0.5) is 0 Å². The Morgan fingerprint density at radius 2 is 2.36 bits per heavy atom. The van der Waals surface area contributed by atoms with Gasteiger partial charge in [0.05, 0.1) is 0 Å². The molecule has 0 amide bonds. The predicted octanol–water partition coefficient (Wildman–Crippen LogP) is 1.98. The SMILES string of the molecule is CC1=CC(C)C(C(=O)O)=CC1. The van der Waals surface area contributed by atoms with Gasteiger partial charge in [0.25, 0.3) is 0 Å². The van der Waals surface area contributed by atoms with Crippen LogP contribution in [-0.4, -0.2) is 11.1 Å². The van der Waals surface area contributed by atoms with Crippen LogP contribution in [0.5, 0.6) is 0 Å². The number of allylic oxidation sites excluding steroid dienone is 3. The molecule has 0 aromatic heterocycles. The maximum Gasteiger partial charge on any atom is 0.331 e. The van der Waals surface area contributed by atoms with Crippen molar-refractivity contribution in [2.45, 2.75) is 20.3 Å². The first kappa shape index (κ1) is 8.05. The third kappa shape index (κ3) is 1.70. The van der Waals surface area contributed by atoms with Crippen LogP contribution in [0.3, 0.4) is 0 Å². The smallest absolute Gasteiger partial charge is 0.331 e. The van der Waals surface area contributed by atoms with Gasteiger partial charge in [0.2, 0.25) is 0 Å². The third-order valence-electron chi connectivity index (χ3n) is 1.92. The van der Waals surface area contributed by atoms with Gasteiger partial charge < -0.3 is 5.11 Å². The van der Waals surface area contributed by atoms with Crippen molar-refractivity contribution in [1.82, 2.24) is 0 Å². The van der Waals surface area contributed by atoms with Crippen LogP contribution in [0.25, 0.3) is 0 Å². The van der Waals surface area contributed by atoms with E-state index >= 15 is 0 Å². The molecule has 0 aliphatic heterocycles. The molecule has 2 heteroatoms. The molecule has 0 heterocycles. The zero-order valence-corrected chi connectivity index (χ0v) is 6.79. The first-order chi connectivity index (χ1) is 5.11. The highest BCUT2D eigenvalue weighted by molar-refractivity contribution is 5.87. The molecule has 1 atom stereocenters. The van der Waals surface area contributed by atoms with Crippen molar-refractivity contribution in [3.8, 4) is 0 Å². The van der Waals surface area contributed by atoms with Crippen molar-refractivity contribution in [2.75, 3.05) is 0 Å².